The molecule has 4 nitrogen and oxygen atoms in total. The molecule has 4 heteroatoms. The zero-order valence-electron chi connectivity index (χ0n) is 14.1. The summed E-state index contributed by atoms with van der Waals surface area (Å²) in [5.41, 5.74) is 8.41. The van der Waals surface area contributed by atoms with Crippen LogP contribution in [0.3, 0.4) is 0 Å². The quantitative estimate of drug-likeness (QED) is 0.724. The molecular weight excluding hydrogens is 272 g/mol. The summed E-state index contributed by atoms with van der Waals surface area (Å²) in [7, 11) is 6.08. The Labute approximate surface area is 131 Å². The maximum atomic E-state index is 4.57. The number of hydrogen-bond acceptors (Lipinski definition) is 3. The molecule has 0 atom stereocenters. The zero-order valence-corrected chi connectivity index (χ0v) is 14.1. The van der Waals surface area contributed by atoms with Crippen molar-refractivity contribution in [2.45, 2.75) is 20.8 Å². The first kappa shape index (κ1) is 14.6. The van der Waals surface area contributed by atoms with Gasteiger partial charge in [-0.05, 0) is 37.5 Å². The van der Waals surface area contributed by atoms with E-state index in [1.54, 1.807) is 6.33 Å². The van der Waals surface area contributed by atoms with Crippen LogP contribution in [0.1, 0.15) is 16.7 Å². The Morgan fingerprint density at radius 1 is 1.00 bits per heavy atom. The molecule has 0 N–H and O–H groups in total. The van der Waals surface area contributed by atoms with Gasteiger partial charge in [0.15, 0.2) is 5.82 Å². The maximum Gasteiger partial charge on any atom is 0.156 e. The van der Waals surface area contributed by atoms with E-state index in [4.69, 9.17) is 0 Å². The summed E-state index contributed by atoms with van der Waals surface area (Å²) < 4.78 is 2.12. The van der Waals surface area contributed by atoms with Crippen molar-refractivity contribution in [2.24, 2.45) is 7.05 Å². The largest absolute Gasteiger partial charge is 0.361 e. The molecule has 2 heterocycles. The summed E-state index contributed by atoms with van der Waals surface area (Å²) >= 11 is 0. The van der Waals surface area contributed by atoms with Gasteiger partial charge in [-0.2, -0.15) is 0 Å². The molecule has 0 unspecified atom stereocenters. The van der Waals surface area contributed by atoms with Gasteiger partial charge in [-0.1, -0.05) is 17.7 Å². The SMILES string of the molecule is Cc1cc(C)c(-c2cn(C)c3c(N(C)C)ncnc23)c(C)c1. The molecule has 0 spiro atoms. The summed E-state index contributed by atoms with van der Waals surface area (Å²) in [6.45, 7) is 6.48. The minimum Gasteiger partial charge on any atom is -0.361 e. The number of aryl methyl sites for hydroxylation is 4. The van der Waals surface area contributed by atoms with Gasteiger partial charge in [0.1, 0.15) is 17.4 Å². The van der Waals surface area contributed by atoms with Crippen LogP contribution in [0.5, 0.6) is 0 Å². The zero-order chi connectivity index (χ0) is 16.0. The monoisotopic (exact) mass is 294 g/mol. The van der Waals surface area contributed by atoms with E-state index in [1.165, 1.54) is 27.8 Å². The highest BCUT2D eigenvalue weighted by Crippen LogP contribution is 2.36. The Morgan fingerprint density at radius 2 is 1.64 bits per heavy atom. The summed E-state index contributed by atoms with van der Waals surface area (Å²) in [6.07, 6.45) is 3.82. The van der Waals surface area contributed by atoms with Crippen LogP contribution in [-0.4, -0.2) is 28.6 Å². The molecule has 3 aromatic rings. The highest BCUT2D eigenvalue weighted by atomic mass is 15.2. The van der Waals surface area contributed by atoms with Crippen molar-refractivity contribution < 1.29 is 0 Å². The Bertz CT molecular complexity index is 836. The summed E-state index contributed by atoms with van der Waals surface area (Å²) in [5, 5.41) is 0. The molecule has 2 aromatic heterocycles. The Balaban J connectivity index is 2.37. The van der Waals surface area contributed by atoms with Crippen molar-refractivity contribution in [1.29, 1.82) is 0 Å². The van der Waals surface area contributed by atoms with E-state index in [9.17, 15) is 0 Å². The van der Waals surface area contributed by atoms with Crippen LogP contribution in [0.25, 0.3) is 22.2 Å². The second-order valence-electron chi connectivity index (χ2n) is 6.22. The van der Waals surface area contributed by atoms with Crippen LogP contribution in [0.4, 0.5) is 5.82 Å². The molecule has 0 saturated heterocycles. The van der Waals surface area contributed by atoms with E-state index in [2.05, 4.69) is 60.7 Å². The number of fused-ring (bicyclic) bond motifs is 1. The van der Waals surface area contributed by atoms with Crippen LogP contribution in [0, 0.1) is 20.8 Å². The summed E-state index contributed by atoms with van der Waals surface area (Å²) in [5.74, 6) is 0.946. The van der Waals surface area contributed by atoms with Crippen LogP contribution in [0.2, 0.25) is 0 Å². The molecule has 0 bridgehead atoms. The van der Waals surface area contributed by atoms with Gasteiger partial charge in [-0.15, -0.1) is 0 Å². The molecule has 1 aromatic carbocycles. The lowest BCUT2D eigenvalue weighted by Gasteiger charge is -2.13. The molecular formula is C18H22N4. The van der Waals surface area contributed by atoms with Crippen molar-refractivity contribution >= 4 is 16.9 Å². The van der Waals surface area contributed by atoms with Crippen molar-refractivity contribution in [3.8, 4) is 11.1 Å². The van der Waals surface area contributed by atoms with E-state index in [0.29, 0.717) is 0 Å². The van der Waals surface area contributed by atoms with Crippen molar-refractivity contribution in [3.63, 3.8) is 0 Å². The fraction of sp³-hybridized carbons (Fsp3) is 0.333. The molecule has 0 aliphatic rings. The Hall–Kier alpha value is -2.36. The molecule has 114 valence electrons. The fourth-order valence-electron chi connectivity index (χ4n) is 3.33. The first-order valence-corrected chi connectivity index (χ1v) is 7.45. The van der Waals surface area contributed by atoms with Gasteiger partial charge in [-0.25, -0.2) is 9.97 Å². The summed E-state index contributed by atoms with van der Waals surface area (Å²) in [6, 6.07) is 4.46. The van der Waals surface area contributed by atoms with Gasteiger partial charge < -0.3 is 9.47 Å². The van der Waals surface area contributed by atoms with Crippen LogP contribution in [-0.2, 0) is 7.05 Å². The van der Waals surface area contributed by atoms with Gasteiger partial charge in [0, 0.05) is 32.9 Å². The van der Waals surface area contributed by atoms with Crippen molar-refractivity contribution in [1.82, 2.24) is 14.5 Å². The topological polar surface area (TPSA) is 34.0 Å². The number of anilines is 1. The Kier molecular flexibility index (Phi) is 3.39. The molecule has 0 aliphatic carbocycles. The van der Waals surface area contributed by atoms with E-state index in [1.807, 2.05) is 19.0 Å². The predicted molar refractivity (Wildman–Crippen MR) is 92.5 cm³/mol. The van der Waals surface area contributed by atoms with Gasteiger partial charge in [0.05, 0.1) is 0 Å². The maximum absolute atomic E-state index is 4.57. The molecule has 0 aliphatic heterocycles. The van der Waals surface area contributed by atoms with Crippen molar-refractivity contribution in [3.05, 3.63) is 41.3 Å². The Morgan fingerprint density at radius 3 is 2.23 bits per heavy atom. The van der Waals surface area contributed by atoms with E-state index >= 15 is 0 Å². The second-order valence-corrected chi connectivity index (χ2v) is 6.22. The fourth-order valence-corrected chi connectivity index (χ4v) is 3.33. The van der Waals surface area contributed by atoms with Crippen LogP contribution >= 0.6 is 0 Å². The number of benzene rings is 1. The summed E-state index contributed by atoms with van der Waals surface area (Å²) in [4.78, 5) is 11.0. The number of aromatic nitrogens is 3. The van der Waals surface area contributed by atoms with E-state index in [-0.39, 0.29) is 0 Å². The number of rotatable bonds is 2. The molecule has 0 amide bonds. The first-order chi connectivity index (χ1) is 10.4. The normalized spacial score (nSPS) is 11.2. The second kappa shape index (κ2) is 5.13. The smallest absolute Gasteiger partial charge is 0.156 e. The minimum atomic E-state index is 0.946. The lowest BCUT2D eigenvalue weighted by molar-refractivity contribution is 0.949. The van der Waals surface area contributed by atoms with Crippen molar-refractivity contribution in [2.75, 3.05) is 19.0 Å². The minimum absolute atomic E-state index is 0.946. The lowest BCUT2D eigenvalue weighted by Crippen LogP contribution is -2.12. The van der Waals surface area contributed by atoms with E-state index in [0.717, 1.165) is 16.9 Å². The lowest BCUT2D eigenvalue weighted by atomic mass is 9.95. The third-order valence-electron chi connectivity index (χ3n) is 4.10. The molecule has 0 radical (unpaired) electrons. The number of nitrogens with zero attached hydrogens (tertiary/aromatic N) is 4. The highest BCUT2D eigenvalue weighted by molar-refractivity contribution is 5.99. The third kappa shape index (κ3) is 2.15. The van der Waals surface area contributed by atoms with Gasteiger partial charge in [0.25, 0.3) is 0 Å². The van der Waals surface area contributed by atoms with Crippen LogP contribution in [0.15, 0.2) is 24.7 Å². The predicted octanol–water partition coefficient (Wildman–Crippen LogP) is 3.63. The van der Waals surface area contributed by atoms with Crippen LogP contribution < -0.4 is 4.90 Å². The number of hydrogen-bond donors (Lipinski definition) is 0. The molecule has 22 heavy (non-hydrogen) atoms. The molecule has 3 rings (SSSR count). The first-order valence-electron chi connectivity index (χ1n) is 7.45. The molecule has 0 fully saturated rings. The highest BCUT2D eigenvalue weighted by Gasteiger charge is 2.18. The van der Waals surface area contributed by atoms with Gasteiger partial charge in [-0.3, -0.25) is 0 Å². The third-order valence-corrected chi connectivity index (χ3v) is 4.10. The molecule has 0 saturated carbocycles. The average Bonchev–Trinajstić information content (AvgIpc) is 2.75. The van der Waals surface area contributed by atoms with E-state index < -0.39 is 0 Å². The van der Waals surface area contributed by atoms with Gasteiger partial charge >= 0.3 is 0 Å². The average molecular weight is 294 g/mol. The van der Waals surface area contributed by atoms with Gasteiger partial charge in [0.2, 0.25) is 0 Å². The standard InChI is InChI=1S/C18H22N4/c1-11-7-12(2)15(13(3)8-11)14-9-22(6)17-16(14)19-10-20-18(17)21(4)5/h7-10H,1-6H3.